The van der Waals surface area contributed by atoms with Crippen LogP contribution in [0, 0.1) is 0 Å². The van der Waals surface area contributed by atoms with Crippen LogP contribution in [0.3, 0.4) is 0 Å². The summed E-state index contributed by atoms with van der Waals surface area (Å²) >= 11 is 0. The van der Waals surface area contributed by atoms with Crippen LogP contribution in [-0.2, 0) is 19.1 Å². The Morgan fingerprint density at radius 2 is 1.21 bits per heavy atom. The third kappa shape index (κ3) is 3.71. The van der Waals surface area contributed by atoms with Gasteiger partial charge in [-0.1, -0.05) is 13.2 Å². The molecule has 14 heavy (non-hydrogen) atoms. The van der Waals surface area contributed by atoms with Crippen molar-refractivity contribution in [3.63, 3.8) is 0 Å². The van der Waals surface area contributed by atoms with E-state index in [0.717, 1.165) is 0 Å². The van der Waals surface area contributed by atoms with Crippen molar-refractivity contribution in [1.82, 2.24) is 0 Å². The molecule has 0 aliphatic heterocycles. The van der Waals surface area contributed by atoms with Gasteiger partial charge in [-0.05, 0) is 12.2 Å². The normalized spacial score (nSPS) is 9.57. The van der Waals surface area contributed by atoms with E-state index in [1.165, 1.54) is 26.4 Å². The fourth-order valence-electron chi connectivity index (χ4n) is 0.599. The minimum Gasteiger partial charge on any atom is -0.465 e. The molecule has 0 N–H and O–H groups in total. The van der Waals surface area contributed by atoms with Crippen LogP contribution in [0.4, 0.5) is 0 Å². The Hall–Kier alpha value is -1.84. The van der Waals surface area contributed by atoms with Crippen molar-refractivity contribution >= 4 is 11.9 Å². The van der Waals surface area contributed by atoms with Gasteiger partial charge < -0.3 is 9.47 Å². The van der Waals surface area contributed by atoms with Gasteiger partial charge in [-0.3, -0.25) is 0 Å². The molecule has 4 nitrogen and oxygen atoms in total. The molecule has 4 heteroatoms. The van der Waals surface area contributed by atoms with E-state index in [1.807, 2.05) is 0 Å². The lowest BCUT2D eigenvalue weighted by Gasteiger charge is -1.98. The third-order valence-electron chi connectivity index (χ3n) is 1.38. The number of esters is 2. The number of carbonyl (C=O) groups excluding carboxylic acids is 2. The highest BCUT2D eigenvalue weighted by Gasteiger charge is 2.04. The van der Waals surface area contributed by atoms with Crippen molar-refractivity contribution in [3.8, 4) is 0 Å². The number of methoxy groups -OCH3 is 2. The number of hydrogen-bond acceptors (Lipinski definition) is 4. The third-order valence-corrected chi connectivity index (χ3v) is 1.38. The molecule has 0 aromatic heterocycles. The molecule has 0 aromatic carbocycles. The second kappa shape index (κ2) is 5.75. The van der Waals surface area contributed by atoms with Crippen LogP contribution in [0.25, 0.3) is 0 Å². The zero-order valence-corrected chi connectivity index (χ0v) is 8.20. The second-order valence-electron chi connectivity index (χ2n) is 2.37. The molecule has 0 amide bonds. The van der Waals surface area contributed by atoms with Gasteiger partial charge in [0.15, 0.2) is 0 Å². The summed E-state index contributed by atoms with van der Waals surface area (Å²) in [5.74, 6) is -1.11. The molecule has 0 bridgehead atoms. The first-order chi connectivity index (χ1) is 6.52. The summed E-state index contributed by atoms with van der Waals surface area (Å²) in [5.41, 5.74) is 0.273. The highest BCUT2D eigenvalue weighted by atomic mass is 16.5. The minimum atomic E-state index is -0.557. The number of rotatable bonds is 4. The fourth-order valence-corrected chi connectivity index (χ4v) is 0.599. The van der Waals surface area contributed by atoms with Crippen LogP contribution in [-0.4, -0.2) is 26.2 Å². The molecule has 0 spiro atoms. The molecule has 0 aliphatic carbocycles. The zero-order chi connectivity index (χ0) is 11.1. The lowest BCUT2D eigenvalue weighted by atomic mass is 10.2. The highest BCUT2D eigenvalue weighted by Crippen LogP contribution is 2.01. The van der Waals surface area contributed by atoms with Gasteiger partial charge in [-0.2, -0.15) is 0 Å². The maximum atomic E-state index is 10.8. The number of ether oxygens (including phenoxy) is 2. The number of hydrogen-bond donors (Lipinski definition) is 0. The van der Waals surface area contributed by atoms with Gasteiger partial charge >= 0.3 is 11.9 Å². The van der Waals surface area contributed by atoms with Gasteiger partial charge in [-0.15, -0.1) is 0 Å². The van der Waals surface area contributed by atoms with E-state index in [9.17, 15) is 9.59 Å². The molecule has 76 valence electrons. The summed E-state index contributed by atoms with van der Waals surface area (Å²) < 4.78 is 8.79. The van der Waals surface area contributed by atoms with Gasteiger partial charge in [0.1, 0.15) is 0 Å². The average molecular weight is 196 g/mol. The molecule has 0 fully saturated rings. The van der Waals surface area contributed by atoms with E-state index >= 15 is 0 Å². The smallest absolute Gasteiger partial charge is 0.337 e. The monoisotopic (exact) mass is 196 g/mol. The highest BCUT2D eigenvalue weighted by molar-refractivity contribution is 5.93. The molecule has 0 radical (unpaired) electrons. The lowest BCUT2D eigenvalue weighted by Crippen LogP contribution is -2.03. The summed E-state index contributed by atoms with van der Waals surface area (Å²) in [4.78, 5) is 21.7. The predicted molar refractivity (Wildman–Crippen MR) is 51.5 cm³/mol. The first kappa shape index (κ1) is 12.2. The van der Waals surface area contributed by atoms with Crippen molar-refractivity contribution in [2.75, 3.05) is 14.2 Å². The Labute approximate surface area is 82.5 Å². The summed E-state index contributed by atoms with van der Waals surface area (Å²) in [6.07, 6.45) is 2.68. The molecule has 0 saturated heterocycles. The van der Waals surface area contributed by atoms with Crippen LogP contribution in [0.15, 0.2) is 36.5 Å². The van der Waals surface area contributed by atoms with Crippen molar-refractivity contribution in [3.05, 3.63) is 36.5 Å². The lowest BCUT2D eigenvalue weighted by molar-refractivity contribution is -0.136. The van der Waals surface area contributed by atoms with E-state index in [2.05, 4.69) is 22.6 Å². The Morgan fingerprint density at radius 3 is 1.43 bits per heavy atom. The number of carbonyl (C=O) groups is 2. The van der Waals surface area contributed by atoms with E-state index in [4.69, 9.17) is 0 Å². The van der Waals surface area contributed by atoms with Crippen molar-refractivity contribution < 1.29 is 19.1 Å². The van der Waals surface area contributed by atoms with Crippen LogP contribution in [0.5, 0.6) is 0 Å². The van der Waals surface area contributed by atoms with Crippen molar-refractivity contribution in [1.29, 1.82) is 0 Å². The Kier molecular flexibility index (Phi) is 4.99. The summed E-state index contributed by atoms with van der Waals surface area (Å²) in [7, 11) is 2.49. The Balaban J connectivity index is 4.32. The molecular weight excluding hydrogens is 184 g/mol. The van der Waals surface area contributed by atoms with E-state index in [0.29, 0.717) is 0 Å². The van der Waals surface area contributed by atoms with Crippen LogP contribution < -0.4 is 0 Å². The van der Waals surface area contributed by atoms with Crippen LogP contribution in [0.2, 0.25) is 0 Å². The van der Waals surface area contributed by atoms with Crippen LogP contribution in [0.1, 0.15) is 0 Å². The summed E-state index contributed by atoms with van der Waals surface area (Å²) in [6.45, 7) is 6.86. The van der Waals surface area contributed by atoms with Gasteiger partial charge in [-0.25, -0.2) is 9.59 Å². The topological polar surface area (TPSA) is 52.6 Å². The molecule has 0 heterocycles. The van der Waals surface area contributed by atoms with E-state index in [1.54, 1.807) is 0 Å². The van der Waals surface area contributed by atoms with Gasteiger partial charge in [0.25, 0.3) is 0 Å². The fraction of sp³-hybridized carbons (Fsp3) is 0.200. The van der Waals surface area contributed by atoms with Gasteiger partial charge in [0.05, 0.1) is 25.4 Å². The second-order valence-corrected chi connectivity index (χ2v) is 2.37. The Bertz CT molecular complexity index is 269. The predicted octanol–water partition coefficient (Wildman–Crippen LogP) is 1.00. The quantitative estimate of drug-likeness (QED) is 0.382. The first-order valence-electron chi connectivity index (χ1n) is 3.75. The maximum Gasteiger partial charge on any atom is 0.337 e. The first-order valence-corrected chi connectivity index (χ1v) is 3.75. The molecule has 0 saturated carbocycles. The molecule has 0 unspecified atom stereocenters. The van der Waals surface area contributed by atoms with E-state index in [-0.39, 0.29) is 11.1 Å². The zero-order valence-electron chi connectivity index (χ0n) is 8.20. The molecule has 0 rings (SSSR count). The average Bonchev–Trinajstić information content (AvgIpc) is 2.22. The van der Waals surface area contributed by atoms with Gasteiger partial charge in [0, 0.05) is 0 Å². The molecule has 0 aromatic rings. The standard InChI is InChI=1S/C10H12O4/c1-7(9(11)13-3)5-6-8(2)10(12)14-4/h5-6H,1-2H2,3-4H3/b6-5-. The molecular formula is C10H12O4. The maximum absolute atomic E-state index is 10.8. The SMILES string of the molecule is C=C(/C=C\C(=C)C(=O)OC)C(=O)OC. The molecule has 0 aliphatic rings. The van der Waals surface area contributed by atoms with Crippen molar-refractivity contribution in [2.24, 2.45) is 0 Å². The van der Waals surface area contributed by atoms with Crippen LogP contribution >= 0.6 is 0 Å². The minimum absolute atomic E-state index is 0.137. The summed E-state index contributed by atoms with van der Waals surface area (Å²) in [6, 6.07) is 0. The Morgan fingerprint density at radius 1 is 0.929 bits per heavy atom. The van der Waals surface area contributed by atoms with Crippen molar-refractivity contribution in [2.45, 2.75) is 0 Å². The molecule has 0 atom stereocenters. The van der Waals surface area contributed by atoms with E-state index < -0.39 is 11.9 Å². The van der Waals surface area contributed by atoms with Gasteiger partial charge in [0.2, 0.25) is 0 Å². The summed E-state index contributed by atoms with van der Waals surface area (Å²) in [5, 5.41) is 0. The largest absolute Gasteiger partial charge is 0.465 e.